The minimum absolute atomic E-state index is 0.0754. The molecule has 0 aromatic carbocycles. The summed E-state index contributed by atoms with van der Waals surface area (Å²) in [7, 11) is 0. The molecule has 5 nitrogen and oxygen atoms in total. The molecule has 0 aliphatic heterocycles. The third-order valence-corrected chi connectivity index (χ3v) is 2.46. The van der Waals surface area contributed by atoms with Crippen LogP contribution >= 0.6 is 11.3 Å². The van der Waals surface area contributed by atoms with Crippen LogP contribution < -0.4 is 17.2 Å². The van der Waals surface area contributed by atoms with E-state index in [4.69, 9.17) is 17.2 Å². The third-order valence-electron chi connectivity index (χ3n) is 1.43. The van der Waals surface area contributed by atoms with Gasteiger partial charge in [0.2, 0.25) is 5.96 Å². The molecule has 0 spiro atoms. The van der Waals surface area contributed by atoms with E-state index in [9.17, 15) is 0 Å². The van der Waals surface area contributed by atoms with Crippen molar-refractivity contribution in [1.82, 2.24) is 0 Å². The molecule has 0 amide bonds. The molecule has 0 radical (unpaired) electrons. The molecule has 6 N–H and O–H groups in total. The maximum Gasteiger partial charge on any atom is 0.218 e. The van der Waals surface area contributed by atoms with Gasteiger partial charge in [0.1, 0.15) is 0 Å². The maximum absolute atomic E-state index is 5.44. The summed E-state index contributed by atoms with van der Waals surface area (Å²) in [4.78, 5) is 8.74. The van der Waals surface area contributed by atoms with Gasteiger partial charge in [0.15, 0.2) is 5.96 Å². The number of aliphatic imine (C=N–C) groups is 2. The van der Waals surface area contributed by atoms with Crippen molar-refractivity contribution in [3.63, 3.8) is 0 Å². The highest BCUT2D eigenvalue weighted by atomic mass is 32.1. The minimum atomic E-state index is -0.0754. The molecule has 1 heterocycles. The first-order valence-corrected chi connectivity index (χ1v) is 4.89. The number of hydrogen-bond acceptors (Lipinski definition) is 2. The quantitative estimate of drug-likeness (QED) is 0.479. The van der Waals surface area contributed by atoms with E-state index < -0.39 is 0 Å². The minimum Gasteiger partial charge on any atom is -0.370 e. The number of guanidine groups is 2. The van der Waals surface area contributed by atoms with Crippen molar-refractivity contribution in [2.24, 2.45) is 27.2 Å². The summed E-state index contributed by atoms with van der Waals surface area (Å²) >= 11 is 1.64. The Morgan fingerprint density at radius 1 is 1.43 bits per heavy atom. The zero-order valence-electron chi connectivity index (χ0n) is 7.90. The fourth-order valence-corrected chi connectivity index (χ4v) is 1.70. The second kappa shape index (κ2) is 4.61. The lowest BCUT2D eigenvalue weighted by molar-refractivity contribution is 1.08. The van der Waals surface area contributed by atoms with Gasteiger partial charge in [-0.25, -0.2) is 4.99 Å². The summed E-state index contributed by atoms with van der Waals surface area (Å²) in [5.74, 6) is 0.0321. The van der Waals surface area contributed by atoms with E-state index in [1.54, 1.807) is 11.3 Å². The first kappa shape index (κ1) is 10.5. The van der Waals surface area contributed by atoms with Crippen molar-refractivity contribution in [1.29, 1.82) is 0 Å². The van der Waals surface area contributed by atoms with Gasteiger partial charge in [-0.05, 0) is 23.9 Å². The number of nitrogens with two attached hydrogens (primary N) is 3. The van der Waals surface area contributed by atoms with Crippen molar-refractivity contribution < 1.29 is 0 Å². The van der Waals surface area contributed by atoms with E-state index in [2.05, 4.69) is 21.4 Å². The van der Waals surface area contributed by atoms with E-state index in [1.807, 2.05) is 6.92 Å². The van der Waals surface area contributed by atoms with Crippen LogP contribution in [0.3, 0.4) is 0 Å². The second-order valence-corrected chi connectivity index (χ2v) is 3.80. The normalized spacial score (nSPS) is 11.4. The van der Waals surface area contributed by atoms with Gasteiger partial charge in [0.25, 0.3) is 0 Å². The van der Waals surface area contributed by atoms with Gasteiger partial charge in [0.05, 0.1) is 6.54 Å². The van der Waals surface area contributed by atoms with Crippen LogP contribution in [0, 0.1) is 6.92 Å². The fourth-order valence-electron chi connectivity index (χ4n) is 0.900. The third kappa shape index (κ3) is 3.44. The molecule has 76 valence electrons. The molecule has 1 aromatic rings. The molecule has 0 saturated carbocycles. The average molecular weight is 211 g/mol. The summed E-state index contributed by atoms with van der Waals surface area (Å²) in [5.41, 5.74) is 16.9. The summed E-state index contributed by atoms with van der Waals surface area (Å²) < 4.78 is 0. The Kier molecular flexibility index (Phi) is 3.47. The Balaban J connectivity index is 2.59. The number of thiophene rings is 1. The summed E-state index contributed by atoms with van der Waals surface area (Å²) in [6, 6.07) is 2.05. The molecule has 0 unspecified atom stereocenters. The molecular formula is C8H13N5S. The topological polar surface area (TPSA) is 103 Å². The summed E-state index contributed by atoms with van der Waals surface area (Å²) in [5, 5.41) is 2.06. The molecule has 0 bridgehead atoms. The zero-order chi connectivity index (χ0) is 10.6. The summed E-state index contributed by atoms with van der Waals surface area (Å²) in [6.07, 6.45) is 0. The molecule has 6 heteroatoms. The molecule has 0 aliphatic carbocycles. The van der Waals surface area contributed by atoms with Crippen molar-refractivity contribution in [2.45, 2.75) is 13.5 Å². The van der Waals surface area contributed by atoms with Crippen molar-refractivity contribution in [2.75, 3.05) is 0 Å². The smallest absolute Gasteiger partial charge is 0.218 e. The Hall–Kier alpha value is -1.56. The number of rotatable bonds is 2. The van der Waals surface area contributed by atoms with E-state index >= 15 is 0 Å². The first-order valence-electron chi connectivity index (χ1n) is 4.01. The Morgan fingerprint density at radius 2 is 2.14 bits per heavy atom. The Bertz CT molecular complexity index is 362. The standard InChI is InChI=1S/C8H13N5S/c1-5-2-6(14-4-5)3-12-8(11)13-7(9)10/h2,4H,3H2,1H3,(H6,9,10,11,12,13). The highest BCUT2D eigenvalue weighted by molar-refractivity contribution is 7.10. The number of aryl methyl sites for hydroxylation is 1. The lowest BCUT2D eigenvalue weighted by Crippen LogP contribution is -2.26. The lowest BCUT2D eigenvalue weighted by Gasteiger charge is -1.93. The van der Waals surface area contributed by atoms with Crippen LogP contribution in [0.15, 0.2) is 21.4 Å². The van der Waals surface area contributed by atoms with E-state index in [1.165, 1.54) is 5.56 Å². The van der Waals surface area contributed by atoms with Crippen LogP contribution in [0.2, 0.25) is 0 Å². The molecule has 14 heavy (non-hydrogen) atoms. The highest BCUT2D eigenvalue weighted by Gasteiger charge is 1.95. The maximum atomic E-state index is 5.44. The lowest BCUT2D eigenvalue weighted by atomic mass is 10.3. The van der Waals surface area contributed by atoms with Gasteiger partial charge in [-0.2, -0.15) is 4.99 Å². The number of hydrogen-bond donors (Lipinski definition) is 3. The number of nitrogens with zero attached hydrogens (tertiary/aromatic N) is 2. The van der Waals surface area contributed by atoms with Crippen LogP contribution in [0.25, 0.3) is 0 Å². The van der Waals surface area contributed by atoms with Crippen LogP contribution in [-0.2, 0) is 6.54 Å². The molecule has 1 aromatic heterocycles. The fraction of sp³-hybridized carbons (Fsp3) is 0.250. The predicted octanol–water partition coefficient (Wildman–Crippen LogP) is 0.145. The van der Waals surface area contributed by atoms with E-state index in [-0.39, 0.29) is 11.9 Å². The molecule has 0 aliphatic rings. The molecule has 0 atom stereocenters. The SMILES string of the molecule is Cc1csc(CN=C(N)N=C(N)N)c1. The molecule has 0 fully saturated rings. The van der Waals surface area contributed by atoms with Crippen LogP contribution in [0.4, 0.5) is 0 Å². The zero-order valence-corrected chi connectivity index (χ0v) is 8.71. The first-order chi connectivity index (χ1) is 6.58. The van der Waals surface area contributed by atoms with Gasteiger partial charge in [0, 0.05) is 4.88 Å². The monoisotopic (exact) mass is 211 g/mol. The average Bonchev–Trinajstić information content (AvgIpc) is 2.47. The molecule has 1 rings (SSSR count). The second-order valence-electron chi connectivity index (χ2n) is 2.80. The Labute approximate surface area is 86.3 Å². The largest absolute Gasteiger partial charge is 0.370 e. The molecule has 0 saturated heterocycles. The van der Waals surface area contributed by atoms with Gasteiger partial charge in [-0.3, -0.25) is 0 Å². The van der Waals surface area contributed by atoms with Crippen LogP contribution in [0.1, 0.15) is 10.4 Å². The summed E-state index contributed by atoms with van der Waals surface area (Å²) in [6.45, 7) is 2.55. The predicted molar refractivity (Wildman–Crippen MR) is 60.2 cm³/mol. The van der Waals surface area contributed by atoms with Crippen molar-refractivity contribution >= 4 is 23.3 Å². The van der Waals surface area contributed by atoms with Gasteiger partial charge < -0.3 is 17.2 Å². The molecular weight excluding hydrogens is 198 g/mol. The van der Waals surface area contributed by atoms with Gasteiger partial charge in [-0.1, -0.05) is 0 Å². The Morgan fingerprint density at radius 3 is 2.64 bits per heavy atom. The van der Waals surface area contributed by atoms with Crippen LogP contribution in [-0.4, -0.2) is 11.9 Å². The van der Waals surface area contributed by atoms with E-state index in [0.717, 1.165) is 4.88 Å². The highest BCUT2D eigenvalue weighted by Crippen LogP contribution is 2.14. The van der Waals surface area contributed by atoms with Crippen LogP contribution in [0.5, 0.6) is 0 Å². The van der Waals surface area contributed by atoms with E-state index in [0.29, 0.717) is 6.54 Å². The van der Waals surface area contributed by atoms with Gasteiger partial charge in [-0.15, -0.1) is 11.3 Å². The van der Waals surface area contributed by atoms with Gasteiger partial charge >= 0.3 is 0 Å². The van der Waals surface area contributed by atoms with Crippen molar-refractivity contribution in [3.8, 4) is 0 Å². The van der Waals surface area contributed by atoms with Crippen molar-refractivity contribution in [3.05, 3.63) is 21.9 Å².